The molecule has 0 saturated carbocycles. The summed E-state index contributed by atoms with van der Waals surface area (Å²) in [5, 5.41) is 0. The van der Waals surface area contributed by atoms with Gasteiger partial charge < -0.3 is 4.74 Å². The number of fused-ring (bicyclic) bond motifs is 2. The van der Waals surface area contributed by atoms with Crippen LogP contribution in [0.1, 0.15) is 18.4 Å². The molecule has 0 amide bonds. The zero-order chi connectivity index (χ0) is 10.3. The van der Waals surface area contributed by atoms with Crippen molar-refractivity contribution in [2.45, 2.75) is 12.8 Å². The van der Waals surface area contributed by atoms with Crippen molar-refractivity contribution < 1.29 is 9.53 Å². The standard InChI is InChI=1S/C13H10O2/c14-8-11-6-5-10-7-9-3-1-2-4-12(9)15-13(10)11/h1-4,7-8H,5-6H2. The molecule has 0 radical (unpaired) electrons. The normalized spacial score (nSPS) is 17.7. The molecule has 3 rings (SSSR count). The van der Waals surface area contributed by atoms with Crippen LogP contribution in [0.15, 0.2) is 41.2 Å². The Morgan fingerprint density at radius 1 is 1.20 bits per heavy atom. The van der Waals surface area contributed by atoms with E-state index in [9.17, 15) is 4.79 Å². The second-order valence-corrected chi connectivity index (χ2v) is 3.78. The van der Waals surface area contributed by atoms with Crippen molar-refractivity contribution in [3.63, 3.8) is 0 Å². The summed E-state index contributed by atoms with van der Waals surface area (Å²) in [7, 11) is 0. The number of hydrogen-bond donors (Lipinski definition) is 0. The Hall–Kier alpha value is -1.83. The molecule has 2 heteroatoms. The zero-order valence-corrected chi connectivity index (χ0v) is 8.19. The third-order valence-electron chi connectivity index (χ3n) is 2.85. The third kappa shape index (κ3) is 1.22. The first-order valence-electron chi connectivity index (χ1n) is 5.04. The van der Waals surface area contributed by atoms with Crippen LogP contribution in [0.4, 0.5) is 0 Å². The second kappa shape index (κ2) is 3.09. The predicted octanol–water partition coefficient (Wildman–Crippen LogP) is 2.71. The highest BCUT2D eigenvalue weighted by atomic mass is 16.5. The van der Waals surface area contributed by atoms with Crippen LogP contribution in [0, 0.1) is 0 Å². The molecule has 1 aromatic carbocycles. The quantitative estimate of drug-likeness (QED) is 0.648. The molecule has 74 valence electrons. The van der Waals surface area contributed by atoms with Crippen LogP contribution in [0.2, 0.25) is 0 Å². The number of hydrogen-bond acceptors (Lipinski definition) is 2. The number of rotatable bonds is 1. The molecule has 15 heavy (non-hydrogen) atoms. The Morgan fingerprint density at radius 2 is 2.07 bits per heavy atom. The van der Waals surface area contributed by atoms with E-state index in [1.165, 1.54) is 0 Å². The van der Waals surface area contributed by atoms with Gasteiger partial charge in [-0.2, -0.15) is 0 Å². The molecular formula is C13H10O2. The fraction of sp³-hybridized carbons (Fsp3) is 0.154. The summed E-state index contributed by atoms with van der Waals surface area (Å²) in [5.41, 5.74) is 3.04. The molecule has 1 heterocycles. The molecule has 2 aliphatic rings. The monoisotopic (exact) mass is 198 g/mol. The minimum absolute atomic E-state index is 0.781. The van der Waals surface area contributed by atoms with E-state index in [1.54, 1.807) is 0 Å². The van der Waals surface area contributed by atoms with Gasteiger partial charge in [-0.1, -0.05) is 18.2 Å². The highest BCUT2D eigenvalue weighted by Gasteiger charge is 2.25. The van der Waals surface area contributed by atoms with E-state index >= 15 is 0 Å². The van der Waals surface area contributed by atoms with Crippen LogP contribution in [0.5, 0.6) is 5.75 Å². The van der Waals surface area contributed by atoms with Gasteiger partial charge in [0.2, 0.25) is 0 Å². The van der Waals surface area contributed by atoms with Gasteiger partial charge in [0, 0.05) is 11.1 Å². The largest absolute Gasteiger partial charge is 0.456 e. The van der Waals surface area contributed by atoms with Gasteiger partial charge in [0.1, 0.15) is 17.8 Å². The molecule has 1 aliphatic heterocycles. The summed E-state index contributed by atoms with van der Waals surface area (Å²) in [6, 6.07) is 7.88. The Labute approximate surface area is 87.9 Å². The molecule has 1 aliphatic carbocycles. The molecule has 2 nitrogen and oxygen atoms in total. The van der Waals surface area contributed by atoms with Gasteiger partial charge >= 0.3 is 0 Å². The smallest absolute Gasteiger partial charge is 0.149 e. The first-order chi connectivity index (χ1) is 7.38. The third-order valence-corrected chi connectivity index (χ3v) is 2.85. The first kappa shape index (κ1) is 8.48. The van der Waals surface area contributed by atoms with Crippen molar-refractivity contribution in [2.75, 3.05) is 0 Å². The average molecular weight is 198 g/mol. The van der Waals surface area contributed by atoms with Gasteiger partial charge in [-0.05, 0) is 30.6 Å². The fourth-order valence-corrected chi connectivity index (χ4v) is 2.07. The highest BCUT2D eigenvalue weighted by molar-refractivity contribution is 5.81. The van der Waals surface area contributed by atoms with E-state index in [0.717, 1.165) is 47.3 Å². The molecule has 0 unspecified atom stereocenters. The lowest BCUT2D eigenvalue weighted by Gasteiger charge is -2.17. The van der Waals surface area contributed by atoms with Crippen LogP contribution in [0.3, 0.4) is 0 Å². The first-order valence-corrected chi connectivity index (χ1v) is 5.04. The van der Waals surface area contributed by atoms with Crippen molar-refractivity contribution in [2.24, 2.45) is 0 Å². The molecule has 0 fully saturated rings. The van der Waals surface area contributed by atoms with Crippen LogP contribution in [-0.2, 0) is 4.79 Å². The summed E-state index contributed by atoms with van der Waals surface area (Å²) < 4.78 is 5.74. The summed E-state index contributed by atoms with van der Waals surface area (Å²) >= 11 is 0. The van der Waals surface area contributed by atoms with Gasteiger partial charge in [-0.3, -0.25) is 4.79 Å². The number of carbonyl (C=O) groups is 1. The average Bonchev–Trinajstić information content (AvgIpc) is 2.68. The molecule has 0 spiro atoms. The van der Waals surface area contributed by atoms with E-state index in [2.05, 4.69) is 6.08 Å². The lowest BCUT2D eigenvalue weighted by Crippen LogP contribution is -2.03. The van der Waals surface area contributed by atoms with Crippen molar-refractivity contribution >= 4 is 12.4 Å². The van der Waals surface area contributed by atoms with Crippen molar-refractivity contribution in [1.82, 2.24) is 0 Å². The highest BCUT2D eigenvalue weighted by Crippen LogP contribution is 2.39. The van der Waals surface area contributed by atoms with E-state index in [0.29, 0.717) is 0 Å². The Kier molecular flexibility index (Phi) is 1.75. The molecular weight excluding hydrogens is 188 g/mol. The van der Waals surface area contributed by atoms with Gasteiger partial charge in [-0.25, -0.2) is 0 Å². The molecule has 0 aromatic heterocycles. The molecule has 0 N–H and O–H groups in total. The number of carbonyl (C=O) groups excluding carboxylic acids is 1. The van der Waals surface area contributed by atoms with Gasteiger partial charge in [0.25, 0.3) is 0 Å². The number of benzene rings is 1. The summed E-state index contributed by atoms with van der Waals surface area (Å²) in [6.07, 6.45) is 4.74. The Bertz CT molecular complexity index is 495. The van der Waals surface area contributed by atoms with Crippen molar-refractivity contribution in [3.05, 3.63) is 46.7 Å². The van der Waals surface area contributed by atoms with Gasteiger partial charge in [-0.15, -0.1) is 0 Å². The lowest BCUT2D eigenvalue weighted by molar-refractivity contribution is -0.105. The van der Waals surface area contributed by atoms with E-state index in [-0.39, 0.29) is 0 Å². The SMILES string of the molecule is O=CC1=C2Oc3ccccc3C=C2CC1. The fourth-order valence-electron chi connectivity index (χ4n) is 2.07. The maximum atomic E-state index is 10.8. The van der Waals surface area contributed by atoms with E-state index in [1.807, 2.05) is 24.3 Å². The van der Waals surface area contributed by atoms with Crippen LogP contribution in [-0.4, -0.2) is 6.29 Å². The number of para-hydroxylation sites is 1. The van der Waals surface area contributed by atoms with E-state index < -0.39 is 0 Å². The summed E-state index contributed by atoms with van der Waals surface area (Å²) in [4.78, 5) is 10.8. The second-order valence-electron chi connectivity index (χ2n) is 3.78. The molecule has 0 bridgehead atoms. The lowest BCUT2D eigenvalue weighted by atomic mass is 10.1. The number of allylic oxidation sites excluding steroid dienone is 2. The van der Waals surface area contributed by atoms with Crippen molar-refractivity contribution in [1.29, 1.82) is 0 Å². The van der Waals surface area contributed by atoms with Crippen molar-refractivity contribution in [3.8, 4) is 5.75 Å². The topological polar surface area (TPSA) is 26.3 Å². The molecule has 0 atom stereocenters. The number of aldehydes is 1. The maximum absolute atomic E-state index is 10.8. The minimum Gasteiger partial charge on any atom is -0.456 e. The van der Waals surface area contributed by atoms with Crippen LogP contribution in [0.25, 0.3) is 6.08 Å². The van der Waals surface area contributed by atoms with E-state index in [4.69, 9.17) is 4.74 Å². The predicted molar refractivity (Wildman–Crippen MR) is 57.4 cm³/mol. The molecule has 1 aromatic rings. The molecule has 0 saturated heterocycles. The van der Waals surface area contributed by atoms with Gasteiger partial charge in [0.05, 0.1) is 0 Å². The Morgan fingerprint density at radius 3 is 2.93 bits per heavy atom. The zero-order valence-electron chi connectivity index (χ0n) is 8.19. The number of ether oxygens (including phenoxy) is 1. The Balaban J connectivity index is 2.16. The van der Waals surface area contributed by atoms with Crippen LogP contribution >= 0.6 is 0 Å². The minimum atomic E-state index is 0.781. The van der Waals surface area contributed by atoms with Gasteiger partial charge in [0.15, 0.2) is 0 Å². The summed E-state index contributed by atoms with van der Waals surface area (Å²) in [5.74, 6) is 1.63. The van der Waals surface area contributed by atoms with Crippen LogP contribution < -0.4 is 4.74 Å². The summed E-state index contributed by atoms with van der Waals surface area (Å²) in [6.45, 7) is 0. The maximum Gasteiger partial charge on any atom is 0.149 e.